The van der Waals surface area contributed by atoms with Gasteiger partial charge in [0, 0.05) is 38.0 Å². The van der Waals surface area contributed by atoms with E-state index in [1.54, 1.807) is 0 Å². The Morgan fingerprint density at radius 1 is 0.967 bits per heavy atom. The molecule has 0 N–H and O–H groups in total. The maximum atomic E-state index is 14.0. The molecule has 0 heterocycles. The average Bonchev–Trinajstić information content (AvgIpc) is 2.76. The highest BCUT2D eigenvalue weighted by molar-refractivity contribution is 5.93. The van der Waals surface area contributed by atoms with Crippen LogP contribution in [-0.2, 0) is 28.7 Å². The fraction of sp³-hybridized carbons (Fsp3) is 0.750. The minimum absolute atomic E-state index is 0.0569. The SMILES string of the molecule is C=C1[C@@H](OC(C)=O)[C@@]23C(=O)C[C@@H]4C(C)(C)C(=O)CC[C@@]4(C)[C@@H]2CC[C@@H]1[C@H]3OC(C)=O. The molecule has 30 heavy (non-hydrogen) atoms. The Bertz CT molecular complexity index is 856. The highest BCUT2D eigenvalue weighted by atomic mass is 16.6. The molecule has 0 saturated heterocycles. The summed E-state index contributed by atoms with van der Waals surface area (Å²) in [6.45, 7) is 13.0. The summed E-state index contributed by atoms with van der Waals surface area (Å²) >= 11 is 0. The summed E-state index contributed by atoms with van der Waals surface area (Å²) in [5.41, 5.74) is -1.32. The fourth-order valence-corrected chi connectivity index (χ4v) is 7.72. The van der Waals surface area contributed by atoms with Gasteiger partial charge in [0.25, 0.3) is 0 Å². The van der Waals surface area contributed by atoms with Gasteiger partial charge in [0.15, 0.2) is 0 Å². The van der Waals surface area contributed by atoms with E-state index < -0.39 is 35.0 Å². The third-order valence-electron chi connectivity index (χ3n) is 8.95. The molecule has 4 rings (SSSR count). The van der Waals surface area contributed by atoms with Crippen LogP contribution < -0.4 is 0 Å². The molecule has 2 bridgehead atoms. The first-order valence-corrected chi connectivity index (χ1v) is 11.0. The molecule has 6 heteroatoms. The molecule has 1 spiro atoms. The number of esters is 2. The van der Waals surface area contributed by atoms with E-state index in [1.165, 1.54) is 13.8 Å². The number of carbonyl (C=O) groups is 4. The van der Waals surface area contributed by atoms with E-state index in [0.717, 1.165) is 12.8 Å². The number of rotatable bonds is 2. The minimum atomic E-state index is -1.11. The van der Waals surface area contributed by atoms with Gasteiger partial charge >= 0.3 is 11.9 Å². The minimum Gasteiger partial charge on any atom is -0.461 e. The number of hydrogen-bond donors (Lipinski definition) is 0. The highest BCUT2D eigenvalue weighted by Gasteiger charge is 2.76. The highest BCUT2D eigenvalue weighted by Crippen LogP contribution is 2.71. The monoisotopic (exact) mass is 416 g/mol. The van der Waals surface area contributed by atoms with Crippen molar-refractivity contribution >= 4 is 23.5 Å². The van der Waals surface area contributed by atoms with E-state index >= 15 is 0 Å². The van der Waals surface area contributed by atoms with E-state index in [4.69, 9.17) is 9.47 Å². The van der Waals surface area contributed by atoms with Gasteiger partial charge in [0.2, 0.25) is 0 Å². The zero-order chi connectivity index (χ0) is 22.2. The molecule has 0 aromatic heterocycles. The quantitative estimate of drug-likeness (QED) is 0.506. The van der Waals surface area contributed by atoms with Gasteiger partial charge in [0.05, 0.1) is 0 Å². The smallest absolute Gasteiger partial charge is 0.303 e. The van der Waals surface area contributed by atoms with Gasteiger partial charge in [-0.2, -0.15) is 0 Å². The van der Waals surface area contributed by atoms with Crippen LogP contribution in [0.25, 0.3) is 0 Å². The van der Waals surface area contributed by atoms with Crippen LogP contribution in [0.1, 0.15) is 66.7 Å². The van der Waals surface area contributed by atoms with E-state index in [9.17, 15) is 19.2 Å². The molecule has 4 saturated carbocycles. The van der Waals surface area contributed by atoms with Gasteiger partial charge in [-0.3, -0.25) is 19.2 Å². The normalized spacial score (nSPS) is 44.2. The van der Waals surface area contributed by atoms with Crippen LogP contribution in [0.5, 0.6) is 0 Å². The zero-order valence-corrected chi connectivity index (χ0v) is 18.6. The van der Waals surface area contributed by atoms with Crippen molar-refractivity contribution < 1.29 is 28.7 Å². The first-order chi connectivity index (χ1) is 13.9. The maximum absolute atomic E-state index is 14.0. The lowest BCUT2D eigenvalue weighted by molar-refractivity contribution is -0.213. The van der Waals surface area contributed by atoms with E-state index in [-0.39, 0.29) is 41.2 Å². The summed E-state index contributed by atoms with van der Waals surface area (Å²) < 4.78 is 11.6. The predicted molar refractivity (Wildman–Crippen MR) is 108 cm³/mol. The first kappa shape index (κ1) is 21.3. The molecule has 6 nitrogen and oxygen atoms in total. The molecule has 0 aromatic rings. The molecular weight excluding hydrogens is 384 g/mol. The predicted octanol–water partition coefficient (Wildman–Crippen LogP) is 3.42. The van der Waals surface area contributed by atoms with Gasteiger partial charge in [0.1, 0.15) is 29.2 Å². The van der Waals surface area contributed by atoms with E-state index in [0.29, 0.717) is 18.4 Å². The molecule has 7 atom stereocenters. The van der Waals surface area contributed by atoms with Crippen molar-refractivity contribution in [3.8, 4) is 0 Å². The second-order valence-corrected chi connectivity index (χ2v) is 10.6. The first-order valence-electron chi connectivity index (χ1n) is 11.0. The summed E-state index contributed by atoms with van der Waals surface area (Å²) in [7, 11) is 0. The molecule has 0 aromatic carbocycles. The molecular formula is C24H32O6. The van der Waals surface area contributed by atoms with Crippen LogP contribution in [0.2, 0.25) is 0 Å². The second-order valence-electron chi connectivity index (χ2n) is 10.6. The Hall–Kier alpha value is -1.98. The molecule has 4 aliphatic rings. The van der Waals surface area contributed by atoms with Crippen LogP contribution in [0.3, 0.4) is 0 Å². The van der Waals surface area contributed by atoms with Gasteiger partial charge in [-0.25, -0.2) is 0 Å². The third kappa shape index (κ3) is 2.48. The zero-order valence-electron chi connectivity index (χ0n) is 18.6. The van der Waals surface area contributed by atoms with Crippen molar-refractivity contribution in [3.05, 3.63) is 12.2 Å². The molecule has 0 aliphatic heterocycles. The molecule has 0 amide bonds. The van der Waals surface area contributed by atoms with Crippen molar-refractivity contribution in [2.45, 2.75) is 78.9 Å². The van der Waals surface area contributed by atoms with Crippen molar-refractivity contribution in [2.75, 3.05) is 0 Å². The molecule has 4 aliphatic carbocycles. The summed E-state index contributed by atoms with van der Waals surface area (Å²) in [4.78, 5) is 50.8. The van der Waals surface area contributed by atoms with Crippen molar-refractivity contribution in [1.29, 1.82) is 0 Å². The Morgan fingerprint density at radius 2 is 1.60 bits per heavy atom. The van der Waals surface area contributed by atoms with E-state index in [1.807, 2.05) is 13.8 Å². The van der Waals surface area contributed by atoms with Crippen LogP contribution >= 0.6 is 0 Å². The van der Waals surface area contributed by atoms with Gasteiger partial charge < -0.3 is 9.47 Å². The molecule has 164 valence electrons. The number of hydrogen-bond acceptors (Lipinski definition) is 6. The number of ketones is 2. The Balaban J connectivity index is 1.91. The fourth-order valence-electron chi connectivity index (χ4n) is 7.72. The lowest BCUT2D eigenvalue weighted by atomic mass is 9.40. The van der Waals surface area contributed by atoms with Crippen molar-refractivity contribution in [1.82, 2.24) is 0 Å². The lowest BCUT2D eigenvalue weighted by Crippen LogP contribution is -2.68. The number of Topliss-reactive ketones (excluding diaryl/α,β-unsaturated/α-hetero) is 2. The number of ether oxygens (including phenoxy) is 2. The maximum Gasteiger partial charge on any atom is 0.303 e. The number of carbonyl (C=O) groups excluding carboxylic acids is 4. The average molecular weight is 417 g/mol. The molecule has 0 radical (unpaired) electrons. The molecule has 0 unspecified atom stereocenters. The summed E-state index contributed by atoms with van der Waals surface area (Å²) in [5, 5.41) is 0. The van der Waals surface area contributed by atoms with Gasteiger partial charge in [-0.05, 0) is 42.1 Å². The lowest BCUT2D eigenvalue weighted by Gasteiger charge is -2.63. The van der Waals surface area contributed by atoms with Gasteiger partial charge in [-0.1, -0.05) is 27.4 Å². The van der Waals surface area contributed by atoms with Crippen molar-refractivity contribution in [3.63, 3.8) is 0 Å². The Labute approximate surface area is 177 Å². The third-order valence-corrected chi connectivity index (χ3v) is 8.95. The Morgan fingerprint density at radius 3 is 2.20 bits per heavy atom. The summed E-state index contributed by atoms with van der Waals surface area (Å²) in [6.07, 6.45) is 1.42. The number of fused-ring (bicyclic) bond motifs is 3. The van der Waals surface area contributed by atoms with Crippen LogP contribution in [0.15, 0.2) is 12.2 Å². The van der Waals surface area contributed by atoms with Gasteiger partial charge in [-0.15, -0.1) is 0 Å². The largest absolute Gasteiger partial charge is 0.461 e. The summed E-state index contributed by atoms with van der Waals surface area (Å²) in [5.74, 6) is -1.20. The second kappa shape index (κ2) is 6.51. The van der Waals surface area contributed by atoms with Crippen LogP contribution in [0, 0.1) is 34.0 Å². The van der Waals surface area contributed by atoms with E-state index in [2.05, 4.69) is 13.5 Å². The molecule has 4 fully saturated rings. The summed E-state index contributed by atoms with van der Waals surface area (Å²) in [6, 6.07) is 0. The van der Waals surface area contributed by atoms with Crippen LogP contribution in [-0.4, -0.2) is 35.7 Å². The van der Waals surface area contributed by atoms with Crippen LogP contribution in [0.4, 0.5) is 0 Å². The topological polar surface area (TPSA) is 86.7 Å². The van der Waals surface area contributed by atoms with Crippen molar-refractivity contribution in [2.24, 2.45) is 34.0 Å². The Kier molecular flexibility index (Phi) is 4.61. The standard InChI is InChI=1S/C24H32O6/c1-12-15-7-8-16-23(6)10-9-18(27)22(4,5)17(23)11-19(28)24(16,20(12)29-13(2)25)21(15)30-14(3)26/h15-17,20-21H,1,7-11H2,2-6H3/t15-,16-,17+,20+,21+,23-,24-/m0/s1.